The molecule has 1 aromatic heterocycles. The molecule has 0 unspecified atom stereocenters. The minimum Gasteiger partial charge on any atom is -0.452 e. The summed E-state index contributed by atoms with van der Waals surface area (Å²) >= 11 is 1.03. The van der Waals surface area contributed by atoms with Gasteiger partial charge in [0.15, 0.2) is 6.10 Å². The third kappa shape index (κ3) is 5.34. The van der Waals surface area contributed by atoms with Gasteiger partial charge in [-0.1, -0.05) is 12.1 Å². The number of esters is 1. The predicted octanol–water partition coefficient (Wildman–Crippen LogP) is 2.39. The second-order valence-electron chi connectivity index (χ2n) is 5.78. The predicted molar refractivity (Wildman–Crippen MR) is 99.5 cm³/mol. The molecule has 0 aliphatic heterocycles. The Kier molecular flexibility index (Phi) is 6.68. The van der Waals surface area contributed by atoms with E-state index in [0.717, 1.165) is 21.7 Å². The molecule has 0 bridgehead atoms. The fourth-order valence-electron chi connectivity index (χ4n) is 2.03. The molecular formula is C17H19FN2O5S2. The molecule has 146 valence electrons. The van der Waals surface area contributed by atoms with Gasteiger partial charge < -0.3 is 10.1 Å². The molecule has 2 aromatic rings. The van der Waals surface area contributed by atoms with Crippen LogP contribution in [0.1, 0.15) is 12.5 Å². The van der Waals surface area contributed by atoms with E-state index in [4.69, 9.17) is 4.74 Å². The first-order valence-corrected chi connectivity index (χ1v) is 10.2. The van der Waals surface area contributed by atoms with E-state index in [1.54, 1.807) is 18.4 Å². The third-order valence-electron chi connectivity index (χ3n) is 3.63. The quantitative estimate of drug-likeness (QED) is 0.703. The van der Waals surface area contributed by atoms with Gasteiger partial charge >= 0.3 is 5.97 Å². The SMILES string of the molecule is Cc1ccc(NC(=O)[C@H](C)OC(=O)CN(C)S(=O)(=O)c2cccs2)cc1F. The zero-order valence-corrected chi connectivity index (χ0v) is 16.6. The molecule has 0 saturated carbocycles. The van der Waals surface area contributed by atoms with E-state index in [1.165, 1.54) is 32.2 Å². The van der Waals surface area contributed by atoms with Gasteiger partial charge in [-0.2, -0.15) is 4.31 Å². The van der Waals surface area contributed by atoms with Crippen LogP contribution in [0.5, 0.6) is 0 Å². The summed E-state index contributed by atoms with van der Waals surface area (Å²) < 4.78 is 44.0. The van der Waals surface area contributed by atoms with Gasteiger partial charge in [0.1, 0.15) is 16.6 Å². The minimum absolute atomic E-state index is 0.102. The molecule has 1 heterocycles. The maximum absolute atomic E-state index is 13.5. The number of anilines is 1. The molecule has 1 atom stereocenters. The number of likely N-dealkylation sites (N-methyl/N-ethyl adjacent to an activating group) is 1. The molecule has 0 aliphatic rings. The summed E-state index contributed by atoms with van der Waals surface area (Å²) in [5, 5.41) is 4.05. The Labute approximate surface area is 160 Å². The van der Waals surface area contributed by atoms with E-state index >= 15 is 0 Å². The molecule has 27 heavy (non-hydrogen) atoms. The van der Waals surface area contributed by atoms with Crippen molar-refractivity contribution >= 4 is 38.9 Å². The molecule has 10 heteroatoms. The standard InChI is InChI=1S/C17H19FN2O5S2/c1-11-6-7-13(9-14(11)18)19-17(22)12(2)25-15(21)10-20(3)27(23,24)16-5-4-8-26-16/h4-9,12H,10H2,1-3H3,(H,19,22)/t12-/m0/s1. The highest BCUT2D eigenvalue weighted by Gasteiger charge is 2.26. The molecule has 0 fully saturated rings. The van der Waals surface area contributed by atoms with Crippen molar-refractivity contribution < 1.29 is 27.1 Å². The third-order valence-corrected chi connectivity index (χ3v) is 6.80. The number of halogens is 1. The molecule has 0 radical (unpaired) electrons. The smallest absolute Gasteiger partial charge is 0.322 e. The van der Waals surface area contributed by atoms with Crippen molar-refractivity contribution in [2.75, 3.05) is 18.9 Å². The Hall–Kier alpha value is -2.30. The lowest BCUT2D eigenvalue weighted by atomic mass is 10.2. The van der Waals surface area contributed by atoms with Gasteiger partial charge in [0, 0.05) is 12.7 Å². The Balaban J connectivity index is 1.92. The van der Waals surface area contributed by atoms with E-state index in [-0.39, 0.29) is 9.90 Å². The topological polar surface area (TPSA) is 92.8 Å². The maximum atomic E-state index is 13.5. The van der Waals surface area contributed by atoms with E-state index < -0.39 is 40.4 Å². The molecule has 1 N–H and O–H groups in total. The molecule has 7 nitrogen and oxygen atoms in total. The number of amides is 1. The van der Waals surface area contributed by atoms with E-state index in [0.29, 0.717) is 5.56 Å². The fraction of sp³-hybridized carbons (Fsp3) is 0.294. The van der Waals surface area contributed by atoms with Crippen LogP contribution in [-0.4, -0.2) is 44.3 Å². The molecule has 1 amide bonds. The van der Waals surface area contributed by atoms with E-state index in [1.807, 2.05) is 0 Å². The number of carbonyl (C=O) groups excluding carboxylic acids is 2. The van der Waals surface area contributed by atoms with E-state index in [9.17, 15) is 22.4 Å². The Morgan fingerprint density at radius 1 is 1.33 bits per heavy atom. The van der Waals surface area contributed by atoms with Crippen molar-refractivity contribution in [3.63, 3.8) is 0 Å². The van der Waals surface area contributed by atoms with Gasteiger partial charge in [-0.15, -0.1) is 11.3 Å². The lowest BCUT2D eigenvalue weighted by Crippen LogP contribution is -2.36. The lowest BCUT2D eigenvalue weighted by molar-refractivity contribution is -0.153. The molecule has 1 aromatic carbocycles. The van der Waals surface area contributed by atoms with Gasteiger partial charge in [-0.25, -0.2) is 12.8 Å². The minimum atomic E-state index is -3.80. The van der Waals surface area contributed by atoms with Crippen LogP contribution in [-0.2, 0) is 24.3 Å². The van der Waals surface area contributed by atoms with Crippen molar-refractivity contribution in [3.05, 3.63) is 47.1 Å². The summed E-state index contributed by atoms with van der Waals surface area (Å²) in [4.78, 5) is 24.0. The van der Waals surface area contributed by atoms with Crippen molar-refractivity contribution in [2.45, 2.75) is 24.2 Å². The lowest BCUT2D eigenvalue weighted by Gasteiger charge is -2.18. The number of thiophene rings is 1. The normalized spacial score (nSPS) is 12.6. The second-order valence-corrected chi connectivity index (χ2v) is 9.00. The van der Waals surface area contributed by atoms with Crippen LogP contribution in [0.3, 0.4) is 0 Å². The fourth-order valence-corrected chi connectivity index (χ4v) is 4.35. The first-order valence-electron chi connectivity index (χ1n) is 7.87. The second kappa shape index (κ2) is 8.59. The first-order chi connectivity index (χ1) is 12.6. The molecule has 0 saturated heterocycles. The number of hydrogen-bond acceptors (Lipinski definition) is 6. The number of hydrogen-bond donors (Lipinski definition) is 1. The zero-order chi connectivity index (χ0) is 20.2. The van der Waals surface area contributed by atoms with Gasteiger partial charge in [-0.05, 0) is 43.0 Å². The number of aryl methyl sites for hydroxylation is 1. The summed E-state index contributed by atoms with van der Waals surface area (Å²) in [6.07, 6.45) is -1.18. The Morgan fingerprint density at radius 3 is 2.63 bits per heavy atom. The first kappa shape index (κ1) is 21.0. The summed E-state index contributed by atoms with van der Waals surface area (Å²) in [6, 6.07) is 7.20. The van der Waals surface area contributed by atoms with Gasteiger partial charge in [-0.3, -0.25) is 9.59 Å². The van der Waals surface area contributed by atoms with Crippen LogP contribution in [0.15, 0.2) is 39.9 Å². The van der Waals surface area contributed by atoms with Crippen molar-refractivity contribution in [3.8, 4) is 0 Å². The number of sulfonamides is 1. The van der Waals surface area contributed by atoms with Gasteiger partial charge in [0.25, 0.3) is 15.9 Å². The average Bonchev–Trinajstić information content (AvgIpc) is 3.13. The Bertz CT molecular complexity index is 929. The highest BCUT2D eigenvalue weighted by molar-refractivity contribution is 7.91. The average molecular weight is 414 g/mol. The number of nitrogens with one attached hydrogen (secondary N) is 1. The van der Waals surface area contributed by atoms with Gasteiger partial charge in [0.2, 0.25) is 0 Å². The van der Waals surface area contributed by atoms with Crippen LogP contribution < -0.4 is 5.32 Å². The van der Waals surface area contributed by atoms with Crippen molar-refractivity contribution in [1.82, 2.24) is 4.31 Å². The van der Waals surface area contributed by atoms with Crippen LogP contribution in [0.2, 0.25) is 0 Å². The van der Waals surface area contributed by atoms with Gasteiger partial charge in [0.05, 0.1) is 0 Å². The maximum Gasteiger partial charge on any atom is 0.322 e. The highest BCUT2D eigenvalue weighted by atomic mass is 32.2. The van der Waals surface area contributed by atoms with Crippen LogP contribution >= 0.6 is 11.3 Å². The summed E-state index contributed by atoms with van der Waals surface area (Å²) in [6.45, 7) is 2.38. The largest absolute Gasteiger partial charge is 0.452 e. The molecule has 0 spiro atoms. The summed E-state index contributed by atoms with van der Waals surface area (Å²) in [7, 11) is -2.55. The highest BCUT2D eigenvalue weighted by Crippen LogP contribution is 2.19. The van der Waals surface area contributed by atoms with E-state index in [2.05, 4.69) is 5.32 Å². The number of ether oxygens (including phenoxy) is 1. The summed E-state index contributed by atoms with van der Waals surface area (Å²) in [5.41, 5.74) is 0.658. The number of carbonyl (C=O) groups is 2. The number of benzene rings is 1. The number of rotatable bonds is 7. The van der Waals surface area contributed by atoms with Crippen LogP contribution in [0, 0.1) is 12.7 Å². The molecular weight excluding hydrogens is 395 g/mol. The Morgan fingerprint density at radius 2 is 2.04 bits per heavy atom. The zero-order valence-electron chi connectivity index (χ0n) is 14.9. The van der Waals surface area contributed by atoms with Crippen molar-refractivity contribution in [1.29, 1.82) is 0 Å². The molecule has 0 aliphatic carbocycles. The molecule has 2 rings (SSSR count). The number of nitrogens with zero attached hydrogens (tertiary/aromatic N) is 1. The monoisotopic (exact) mass is 414 g/mol. The summed E-state index contributed by atoms with van der Waals surface area (Å²) in [5.74, 6) is -2.01. The van der Waals surface area contributed by atoms with Crippen molar-refractivity contribution in [2.24, 2.45) is 0 Å². The van der Waals surface area contributed by atoms with Crippen LogP contribution in [0.25, 0.3) is 0 Å². The van der Waals surface area contributed by atoms with Crippen LogP contribution in [0.4, 0.5) is 10.1 Å².